The summed E-state index contributed by atoms with van der Waals surface area (Å²) < 4.78 is 0. The minimum atomic E-state index is 0.225. The second-order valence-electron chi connectivity index (χ2n) is 6.10. The molecule has 1 N–H and O–H groups in total. The summed E-state index contributed by atoms with van der Waals surface area (Å²) in [6.07, 6.45) is 5.02. The van der Waals surface area contributed by atoms with Gasteiger partial charge in [0, 0.05) is 24.8 Å². The number of hydrogen-bond donors (Lipinski definition) is 1. The molecule has 1 aromatic rings. The maximum Gasteiger partial charge on any atom is 0.241 e. The van der Waals surface area contributed by atoms with Gasteiger partial charge in [-0.15, -0.1) is 0 Å². The minimum Gasteiger partial charge on any atom is -0.376 e. The van der Waals surface area contributed by atoms with E-state index >= 15 is 0 Å². The van der Waals surface area contributed by atoms with Crippen molar-refractivity contribution in [2.24, 2.45) is 0 Å². The molecule has 0 saturated carbocycles. The van der Waals surface area contributed by atoms with Gasteiger partial charge in [0.25, 0.3) is 0 Å². The molecule has 2 heterocycles. The lowest BCUT2D eigenvalue weighted by Gasteiger charge is -2.37. The van der Waals surface area contributed by atoms with Gasteiger partial charge < -0.3 is 10.2 Å². The molecule has 2 fully saturated rings. The molecular formula is C17H25N3O. The van der Waals surface area contributed by atoms with Gasteiger partial charge in [0.2, 0.25) is 5.91 Å². The number of anilines is 1. The molecule has 114 valence electrons. The van der Waals surface area contributed by atoms with Crippen molar-refractivity contribution < 1.29 is 4.79 Å². The summed E-state index contributed by atoms with van der Waals surface area (Å²) in [5, 5.41) is 3.22. The van der Waals surface area contributed by atoms with Crippen molar-refractivity contribution in [2.75, 3.05) is 38.0 Å². The highest BCUT2D eigenvalue weighted by Gasteiger charge is 2.28. The summed E-state index contributed by atoms with van der Waals surface area (Å²) in [4.78, 5) is 17.0. The molecule has 4 heteroatoms. The number of nitrogens with one attached hydrogen (secondary N) is 1. The van der Waals surface area contributed by atoms with Crippen molar-refractivity contribution in [3.05, 3.63) is 30.3 Å². The number of carbonyl (C=O) groups is 1. The van der Waals surface area contributed by atoms with E-state index in [1.54, 1.807) is 0 Å². The Kier molecular flexibility index (Phi) is 4.76. The van der Waals surface area contributed by atoms with Crippen LogP contribution in [0, 0.1) is 0 Å². The molecule has 0 radical (unpaired) electrons. The van der Waals surface area contributed by atoms with Crippen molar-refractivity contribution >= 4 is 11.6 Å². The lowest BCUT2D eigenvalue weighted by Crippen LogP contribution is -2.50. The van der Waals surface area contributed by atoms with Crippen LogP contribution in [0.15, 0.2) is 30.3 Å². The Morgan fingerprint density at radius 2 is 1.86 bits per heavy atom. The molecular weight excluding hydrogens is 262 g/mol. The van der Waals surface area contributed by atoms with Gasteiger partial charge >= 0.3 is 0 Å². The van der Waals surface area contributed by atoms with E-state index < -0.39 is 0 Å². The Morgan fingerprint density at radius 3 is 2.62 bits per heavy atom. The highest BCUT2D eigenvalue weighted by molar-refractivity contribution is 5.81. The van der Waals surface area contributed by atoms with Gasteiger partial charge in [-0.1, -0.05) is 18.2 Å². The molecule has 0 aliphatic carbocycles. The predicted octanol–water partition coefficient (Wildman–Crippen LogP) is 2.19. The summed E-state index contributed by atoms with van der Waals surface area (Å²) >= 11 is 0. The molecule has 2 aliphatic rings. The zero-order valence-corrected chi connectivity index (χ0v) is 12.6. The Hall–Kier alpha value is -1.55. The number of piperidine rings is 1. The summed E-state index contributed by atoms with van der Waals surface area (Å²) in [5.41, 5.74) is 1.01. The monoisotopic (exact) mass is 287 g/mol. The number of para-hydroxylation sites is 1. The van der Waals surface area contributed by atoms with Crippen LogP contribution < -0.4 is 5.32 Å². The van der Waals surface area contributed by atoms with Gasteiger partial charge in [-0.2, -0.15) is 0 Å². The lowest BCUT2D eigenvalue weighted by atomic mass is 10.0. The molecule has 0 aromatic heterocycles. The van der Waals surface area contributed by atoms with Crippen LogP contribution in [0.5, 0.6) is 0 Å². The smallest absolute Gasteiger partial charge is 0.241 e. The Morgan fingerprint density at radius 1 is 1.10 bits per heavy atom. The van der Waals surface area contributed by atoms with E-state index in [9.17, 15) is 4.79 Å². The number of amides is 1. The summed E-state index contributed by atoms with van der Waals surface area (Å²) in [5.74, 6) is 0.225. The van der Waals surface area contributed by atoms with Crippen LogP contribution >= 0.6 is 0 Å². The van der Waals surface area contributed by atoms with Crippen LogP contribution in [-0.4, -0.2) is 54.5 Å². The van der Waals surface area contributed by atoms with Gasteiger partial charge in [-0.3, -0.25) is 9.69 Å². The fourth-order valence-corrected chi connectivity index (χ4v) is 3.43. The Balaban J connectivity index is 1.49. The Labute approximate surface area is 127 Å². The van der Waals surface area contributed by atoms with E-state index in [0.717, 1.165) is 25.2 Å². The molecule has 21 heavy (non-hydrogen) atoms. The predicted molar refractivity (Wildman–Crippen MR) is 85.3 cm³/mol. The number of carbonyl (C=O) groups excluding carboxylic acids is 1. The van der Waals surface area contributed by atoms with E-state index in [2.05, 4.69) is 10.2 Å². The van der Waals surface area contributed by atoms with Crippen molar-refractivity contribution in [3.63, 3.8) is 0 Å². The van der Waals surface area contributed by atoms with Crippen LogP contribution in [0.2, 0.25) is 0 Å². The molecule has 1 amide bonds. The third-order valence-corrected chi connectivity index (χ3v) is 4.62. The average molecular weight is 287 g/mol. The third kappa shape index (κ3) is 3.76. The molecule has 2 saturated heterocycles. The molecule has 2 aliphatic heterocycles. The summed E-state index contributed by atoms with van der Waals surface area (Å²) in [6.45, 7) is 4.66. The highest BCUT2D eigenvalue weighted by atomic mass is 16.2. The molecule has 1 atom stereocenters. The van der Waals surface area contributed by atoms with Crippen LogP contribution in [0.4, 0.5) is 5.69 Å². The molecule has 4 nitrogen and oxygen atoms in total. The first-order valence-corrected chi connectivity index (χ1v) is 8.14. The molecule has 1 unspecified atom stereocenters. The molecule has 0 bridgehead atoms. The van der Waals surface area contributed by atoms with Gasteiger partial charge in [0.15, 0.2) is 0 Å². The normalized spacial score (nSPS) is 23.2. The van der Waals surface area contributed by atoms with Crippen LogP contribution in [0.3, 0.4) is 0 Å². The number of benzene rings is 1. The number of rotatable bonds is 4. The van der Waals surface area contributed by atoms with E-state index in [-0.39, 0.29) is 5.91 Å². The van der Waals surface area contributed by atoms with E-state index in [1.807, 2.05) is 35.2 Å². The highest BCUT2D eigenvalue weighted by Crippen LogP contribution is 2.20. The van der Waals surface area contributed by atoms with Crippen LogP contribution in [0.25, 0.3) is 0 Å². The fourth-order valence-electron chi connectivity index (χ4n) is 3.43. The van der Waals surface area contributed by atoms with E-state index in [0.29, 0.717) is 12.6 Å². The second-order valence-corrected chi connectivity index (χ2v) is 6.10. The van der Waals surface area contributed by atoms with Crippen molar-refractivity contribution in [1.82, 2.24) is 9.80 Å². The van der Waals surface area contributed by atoms with Gasteiger partial charge in [0.05, 0.1) is 6.54 Å². The van der Waals surface area contributed by atoms with E-state index in [1.165, 1.54) is 32.4 Å². The Bertz CT molecular complexity index is 456. The quantitative estimate of drug-likeness (QED) is 0.922. The number of likely N-dealkylation sites (tertiary alicyclic amines) is 2. The first-order chi connectivity index (χ1) is 10.3. The summed E-state index contributed by atoms with van der Waals surface area (Å²) in [6, 6.07) is 10.5. The zero-order chi connectivity index (χ0) is 14.5. The van der Waals surface area contributed by atoms with Crippen molar-refractivity contribution in [3.8, 4) is 0 Å². The second kappa shape index (κ2) is 6.94. The minimum absolute atomic E-state index is 0.225. The number of nitrogens with zero attached hydrogens (tertiary/aromatic N) is 2. The van der Waals surface area contributed by atoms with Crippen LogP contribution in [0.1, 0.15) is 25.7 Å². The fraction of sp³-hybridized carbons (Fsp3) is 0.588. The molecule has 1 aromatic carbocycles. The maximum absolute atomic E-state index is 12.4. The SMILES string of the molecule is O=C(CNc1ccccc1)N1CCCC(N2CCCC2)C1. The standard InChI is InChI=1S/C17H25N3O/c21-17(13-18-15-7-2-1-3-8-15)20-12-6-9-16(14-20)19-10-4-5-11-19/h1-3,7-8,16,18H,4-6,9-14H2. The zero-order valence-electron chi connectivity index (χ0n) is 12.6. The largest absolute Gasteiger partial charge is 0.376 e. The van der Waals surface area contributed by atoms with Crippen LogP contribution in [-0.2, 0) is 4.79 Å². The first-order valence-electron chi connectivity index (χ1n) is 8.14. The topological polar surface area (TPSA) is 35.6 Å². The average Bonchev–Trinajstić information content (AvgIpc) is 3.08. The van der Waals surface area contributed by atoms with Gasteiger partial charge in [-0.05, 0) is 50.9 Å². The lowest BCUT2D eigenvalue weighted by molar-refractivity contribution is -0.131. The van der Waals surface area contributed by atoms with Crippen molar-refractivity contribution in [1.29, 1.82) is 0 Å². The number of hydrogen-bond acceptors (Lipinski definition) is 3. The van der Waals surface area contributed by atoms with E-state index in [4.69, 9.17) is 0 Å². The molecule has 3 rings (SSSR count). The van der Waals surface area contributed by atoms with Crippen molar-refractivity contribution in [2.45, 2.75) is 31.7 Å². The first kappa shape index (κ1) is 14.4. The van der Waals surface area contributed by atoms with Gasteiger partial charge in [0.1, 0.15) is 0 Å². The third-order valence-electron chi connectivity index (χ3n) is 4.62. The molecule has 0 spiro atoms. The maximum atomic E-state index is 12.4. The van der Waals surface area contributed by atoms with Gasteiger partial charge in [-0.25, -0.2) is 0 Å². The summed E-state index contributed by atoms with van der Waals surface area (Å²) in [7, 11) is 0.